The quantitative estimate of drug-likeness (QED) is 0.650. The summed E-state index contributed by atoms with van der Waals surface area (Å²) >= 11 is 0. The first-order valence-electron chi connectivity index (χ1n) is 12.5. The molecule has 0 unspecified atom stereocenters. The van der Waals surface area contributed by atoms with Crippen LogP contribution in [0.5, 0.6) is 0 Å². The number of hydrogen-bond donors (Lipinski definition) is 1. The molecule has 5 heterocycles. The molecule has 6 rings (SSSR count). The van der Waals surface area contributed by atoms with Gasteiger partial charge in [0.05, 0.1) is 36.3 Å². The van der Waals surface area contributed by atoms with E-state index in [1.807, 2.05) is 44.2 Å². The van der Waals surface area contributed by atoms with Crippen LogP contribution in [0.2, 0.25) is 0 Å². The maximum Gasteiger partial charge on any atom is 0.230 e. The number of nitrogens with one attached hydrogen (secondary N) is 1. The number of carbonyl (C=O) groups excluding carboxylic acids is 3. The summed E-state index contributed by atoms with van der Waals surface area (Å²) in [5.74, 6) is -1.25. The fourth-order valence-electron chi connectivity index (χ4n) is 6.70. The van der Waals surface area contributed by atoms with E-state index in [-0.39, 0.29) is 36.0 Å². The molecule has 8 atom stereocenters. The first-order valence-corrected chi connectivity index (χ1v) is 12.5. The molecule has 182 valence electrons. The van der Waals surface area contributed by atoms with Crippen LogP contribution in [-0.4, -0.2) is 46.3 Å². The maximum atomic E-state index is 14.0. The highest BCUT2D eigenvalue weighted by molar-refractivity contribution is 5.96. The van der Waals surface area contributed by atoms with Crippen molar-refractivity contribution < 1.29 is 23.5 Å². The molecule has 2 bridgehead atoms. The van der Waals surface area contributed by atoms with Crippen molar-refractivity contribution in [2.24, 2.45) is 17.8 Å². The normalized spacial score (nSPS) is 35.8. The Morgan fingerprint density at radius 2 is 2.00 bits per heavy atom. The second-order valence-corrected chi connectivity index (χ2v) is 10.4. The monoisotopic (exact) mass is 474 g/mol. The Kier molecular flexibility index (Phi) is 5.22. The molecule has 3 fully saturated rings. The smallest absolute Gasteiger partial charge is 0.230 e. The van der Waals surface area contributed by atoms with Gasteiger partial charge in [-0.25, -0.2) is 0 Å². The zero-order valence-corrected chi connectivity index (χ0v) is 19.9. The molecule has 35 heavy (non-hydrogen) atoms. The van der Waals surface area contributed by atoms with Gasteiger partial charge in [-0.2, -0.15) is 0 Å². The summed E-state index contributed by atoms with van der Waals surface area (Å²) in [7, 11) is 0. The Labute approximate surface area is 204 Å². The predicted octanol–water partition coefficient (Wildman–Crippen LogP) is 3.22. The van der Waals surface area contributed by atoms with Crippen molar-refractivity contribution >= 4 is 17.6 Å². The molecule has 4 aliphatic heterocycles. The second kappa shape index (κ2) is 8.19. The Hall–Kier alpha value is -3.19. The van der Waals surface area contributed by atoms with Crippen LogP contribution in [0.1, 0.15) is 44.1 Å². The molecular formula is C28H30N2O5. The predicted molar refractivity (Wildman–Crippen MR) is 127 cm³/mol. The molecular weight excluding hydrogens is 444 g/mol. The molecule has 1 aromatic carbocycles. The third-order valence-electron chi connectivity index (χ3n) is 8.35. The van der Waals surface area contributed by atoms with E-state index in [2.05, 4.69) is 17.4 Å². The summed E-state index contributed by atoms with van der Waals surface area (Å²) in [6, 6.07) is 12.8. The lowest BCUT2D eigenvalue weighted by atomic mass is 9.70. The number of hydrogen-bond acceptors (Lipinski definition) is 5. The van der Waals surface area contributed by atoms with Gasteiger partial charge in [0.2, 0.25) is 11.8 Å². The Morgan fingerprint density at radius 1 is 1.20 bits per heavy atom. The van der Waals surface area contributed by atoms with Crippen molar-refractivity contribution in [2.75, 3.05) is 0 Å². The van der Waals surface area contributed by atoms with Crippen LogP contribution in [0, 0.1) is 17.8 Å². The number of Topliss-reactive ketones (excluding diaryl/α,β-unsaturated/α-hetero) is 1. The van der Waals surface area contributed by atoms with Crippen LogP contribution in [-0.2, 0) is 25.5 Å². The highest BCUT2D eigenvalue weighted by Crippen LogP contribution is 2.59. The fourth-order valence-corrected chi connectivity index (χ4v) is 6.70. The molecule has 2 aromatic rings. The molecule has 0 radical (unpaired) electrons. The number of benzene rings is 1. The van der Waals surface area contributed by atoms with Gasteiger partial charge in [-0.3, -0.25) is 14.4 Å². The van der Waals surface area contributed by atoms with Gasteiger partial charge in [0.15, 0.2) is 0 Å². The van der Waals surface area contributed by atoms with Crippen LogP contribution in [0.4, 0.5) is 0 Å². The van der Waals surface area contributed by atoms with Gasteiger partial charge in [-0.15, -0.1) is 0 Å². The zero-order valence-electron chi connectivity index (χ0n) is 19.9. The first kappa shape index (κ1) is 22.3. The average molecular weight is 475 g/mol. The summed E-state index contributed by atoms with van der Waals surface area (Å²) in [5, 5.41) is 3.14. The zero-order chi connectivity index (χ0) is 24.3. The third kappa shape index (κ3) is 3.32. The van der Waals surface area contributed by atoms with Crippen LogP contribution in [0.25, 0.3) is 0 Å². The summed E-state index contributed by atoms with van der Waals surface area (Å²) in [6.45, 7) is 3.86. The van der Waals surface area contributed by atoms with Gasteiger partial charge >= 0.3 is 0 Å². The van der Waals surface area contributed by atoms with Crippen molar-refractivity contribution in [1.29, 1.82) is 0 Å². The molecule has 0 aliphatic carbocycles. The fraction of sp³-hybridized carbons (Fsp3) is 0.464. The number of ether oxygens (including phenoxy) is 1. The van der Waals surface area contributed by atoms with E-state index in [0.29, 0.717) is 5.76 Å². The molecule has 7 heteroatoms. The number of nitrogens with zero attached hydrogens (tertiary/aromatic N) is 1. The van der Waals surface area contributed by atoms with E-state index in [1.165, 1.54) is 5.56 Å². The first-order chi connectivity index (χ1) is 16.9. The number of furan rings is 1. The van der Waals surface area contributed by atoms with E-state index in [9.17, 15) is 14.4 Å². The van der Waals surface area contributed by atoms with Gasteiger partial charge in [-0.05, 0) is 37.5 Å². The molecule has 2 amide bonds. The van der Waals surface area contributed by atoms with E-state index >= 15 is 0 Å². The van der Waals surface area contributed by atoms with Crippen molar-refractivity contribution in [2.45, 2.75) is 62.9 Å². The van der Waals surface area contributed by atoms with Gasteiger partial charge in [-0.1, -0.05) is 49.4 Å². The number of ketones is 1. The highest BCUT2D eigenvalue weighted by atomic mass is 16.5. The molecule has 1 N–H and O–H groups in total. The lowest BCUT2D eigenvalue weighted by Crippen LogP contribution is -2.55. The molecule has 1 spiro atoms. The number of piperidine rings is 1. The largest absolute Gasteiger partial charge is 0.467 e. The molecule has 4 aliphatic rings. The average Bonchev–Trinajstić information content (AvgIpc) is 3.63. The molecule has 3 saturated heterocycles. The molecule has 1 aromatic heterocycles. The molecule has 7 nitrogen and oxygen atoms in total. The summed E-state index contributed by atoms with van der Waals surface area (Å²) in [4.78, 5) is 42.3. The number of amides is 2. The van der Waals surface area contributed by atoms with Gasteiger partial charge in [0.25, 0.3) is 0 Å². The second-order valence-electron chi connectivity index (χ2n) is 10.4. The van der Waals surface area contributed by atoms with Gasteiger partial charge in [0, 0.05) is 18.4 Å². The minimum atomic E-state index is -0.961. The topological polar surface area (TPSA) is 88.8 Å². The summed E-state index contributed by atoms with van der Waals surface area (Å²) in [6.07, 6.45) is 6.80. The van der Waals surface area contributed by atoms with Crippen molar-refractivity contribution in [3.05, 3.63) is 72.2 Å². The van der Waals surface area contributed by atoms with Gasteiger partial charge in [0.1, 0.15) is 17.1 Å². The van der Waals surface area contributed by atoms with Crippen molar-refractivity contribution in [1.82, 2.24) is 10.2 Å². The number of carbonyl (C=O) groups is 3. The van der Waals surface area contributed by atoms with E-state index in [0.717, 1.165) is 12.8 Å². The van der Waals surface area contributed by atoms with E-state index in [4.69, 9.17) is 9.15 Å². The van der Waals surface area contributed by atoms with Crippen LogP contribution in [0.3, 0.4) is 0 Å². The summed E-state index contributed by atoms with van der Waals surface area (Å²) < 4.78 is 12.1. The third-order valence-corrected chi connectivity index (χ3v) is 8.35. The van der Waals surface area contributed by atoms with Crippen molar-refractivity contribution in [3.8, 4) is 0 Å². The Bertz CT molecular complexity index is 1180. The lowest BCUT2D eigenvalue weighted by Gasteiger charge is -2.43. The molecule has 0 saturated carbocycles. The minimum Gasteiger partial charge on any atom is -0.467 e. The highest BCUT2D eigenvalue weighted by Gasteiger charge is 2.74. The van der Waals surface area contributed by atoms with E-state index < -0.39 is 35.6 Å². The Balaban J connectivity index is 1.25. The number of fused-ring (bicyclic) bond motifs is 2. The lowest BCUT2D eigenvalue weighted by molar-refractivity contribution is -0.148. The minimum absolute atomic E-state index is 0.0442. The number of aryl methyl sites for hydroxylation is 1. The van der Waals surface area contributed by atoms with Crippen LogP contribution >= 0.6 is 0 Å². The number of rotatable bonds is 6. The van der Waals surface area contributed by atoms with Crippen LogP contribution in [0.15, 0.2) is 65.3 Å². The Morgan fingerprint density at radius 3 is 2.74 bits per heavy atom. The standard InChI is InChI=1S/C28H30N2O5/c1-16(10-11-18-7-4-3-5-8-18)29-26(32)23-22-12-13-28(35-22)24(23)27(33)30-19(21-9-6-14-34-21)15-20(31)17(2)25(28)30/h3-9,12-14,16-17,19,22-25H,10-11,15H2,1-2H3,(H,29,32)/t16-,17+,19+,22-,23+,24-,25+,28+/m1/s1. The SMILES string of the molecule is C[C@H](CCc1ccccc1)NC(=O)[C@H]1[C@H]2C=C[C@@]3(O2)[C@@H]2[C@@H](C)C(=O)C[C@@H](c4ccco4)N2C(=O)[C@@H]13. The van der Waals surface area contributed by atoms with Gasteiger partial charge < -0.3 is 19.4 Å². The van der Waals surface area contributed by atoms with Crippen molar-refractivity contribution in [3.63, 3.8) is 0 Å². The summed E-state index contributed by atoms with van der Waals surface area (Å²) in [5.41, 5.74) is 0.265. The van der Waals surface area contributed by atoms with E-state index in [1.54, 1.807) is 23.3 Å². The maximum absolute atomic E-state index is 14.0. The van der Waals surface area contributed by atoms with Crippen LogP contribution < -0.4 is 5.32 Å².